The van der Waals surface area contributed by atoms with Gasteiger partial charge in [-0.3, -0.25) is 9.20 Å². The van der Waals surface area contributed by atoms with Crippen molar-refractivity contribution in [3.63, 3.8) is 0 Å². The van der Waals surface area contributed by atoms with Crippen LogP contribution in [0.3, 0.4) is 0 Å². The molecular weight excluding hydrogens is 484 g/mol. The quantitative estimate of drug-likeness (QED) is 0.274. The number of hydrogen-bond acceptors (Lipinski definition) is 5. The number of nitrogens with zero attached hydrogens (tertiary/aromatic N) is 5. The van der Waals surface area contributed by atoms with Gasteiger partial charge in [0.25, 0.3) is 5.56 Å². The molecule has 0 saturated heterocycles. The maximum absolute atomic E-state index is 13.9. The molecule has 0 amide bonds. The predicted octanol–water partition coefficient (Wildman–Crippen LogP) is 5.84. The molecule has 0 unspecified atom stereocenters. The zero-order valence-electron chi connectivity index (χ0n) is 21.0. The molecule has 3 aromatic heterocycles. The van der Waals surface area contributed by atoms with Crippen molar-refractivity contribution >= 4 is 34.1 Å². The molecule has 6 rings (SSSR count). The van der Waals surface area contributed by atoms with E-state index in [4.69, 9.17) is 4.98 Å². The van der Waals surface area contributed by atoms with Crippen LogP contribution >= 0.6 is 0 Å². The number of anilines is 1. The molecule has 0 radical (unpaired) electrons. The van der Waals surface area contributed by atoms with Gasteiger partial charge in [-0.2, -0.15) is 5.26 Å². The Morgan fingerprint density at radius 1 is 0.846 bits per heavy atom. The molecule has 3 aromatic carbocycles. The number of aromatic amines is 1. The number of rotatable bonds is 7. The fourth-order valence-electron chi connectivity index (χ4n) is 4.65. The number of fused-ring (bicyclic) bond motifs is 2. The average Bonchev–Trinajstić information content (AvgIpc) is 3.42. The number of pyridine rings is 1. The summed E-state index contributed by atoms with van der Waals surface area (Å²) in [6.07, 6.45) is 3.29. The maximum atomic E-state index is 13.9. The van der Waals surface area contributed by atoms with E-state index < -0.39 is 0 Å². The molecule has 7 heteroatoms. The van der Waals surface area contributed by atoms with Crippen molar-refractivity contribution in [3.8, 4) is 6.07 Å². The highest BCUT2D eigenvalue weighted by atomic mass is 16.1. The number of benzene rings is 3. The largest absolute Gasteiger partial charge is 0.347 e. The van der Waals surface area contributed by atoms with Crippen molar-refractivity contribution in [3.05, 3.63) is 142 Å². The molecule has 6 aromatic rings. The first-order valence-corrected chi connectivity index (χ1v) is 12.6. The van der Waals surface area contributed by atoms with E-state index >= 15 is 0 Å². The van der Waals surface area contributed by atoms with Crippen LogP contribution in [0, 0.1) is 11.3 Å². The first-order valence-electron chi connectivity index (χ1n) is 12.6. The molecular formula is C32H24N6O. The summed E-state index contributed by atoms with van der Waals surface area (Å²) in [7, 11) is 0. The highest BCUT2D eigenvalue weighted by molar-refractivity contribution is 5.92. The molecule has 0 aliphatic carbocycles. The second-order valence-corrected chi connectivity index (χ2v) is 9.18. The number of nitriles is 1. The minimum Gasteiger partial charge on any atom is -0.347 e. The van der Waals surface area contributed by atoms with Gasteiger partial charge in [0, 0.05) is 19.3 Å². The minimum atomic E-state index is -0.259. The first-order chi connectivity index (χ1) is 19.2. The van der Waals surface area contributed by atoms with Gasteiger partial charge in [-0.05, 0) is 41.5 Å². The highest BCUT2D eigenvalue weighted by Crippen LogP contribution is 2.26. The monoisotopic (exact) mass is 508 g/mol. The van der Waals surface area contributed by atoms with Gasteiger partial charge in [0.1, 0.15) is 23.4 Å². The fraction of sp³-hybridized carbons (Fsp3) is 0.0625. The zero-order chi connectivity index (χ0) is 26.6. The predicted molar refractivity (Wildman–Crippen MR) is 154 cm³/mol. The second-order valence-electron chi connectivity index (χ2n) is 9.18. The summed E-state index contributed by atoms with van der Waals surface area (Å²) in [6, 6.07) is 35.4. The highest BCUT2D eigenvalue weighted by Gasteiger charge is 2.20. The van der Waals surface area contributed by atoms with Crippen LogP contribution in [-0.2, 0) is 13.1 Å². The van der Waals surface area contributed by atoms with Crippen LogP contribution in [0.4, 0.5) is 5.82 Å². The maximum Gasteiger partial charge on any atom is 0.267 e. The van der Waals surface area contributed by atoms with E-state index in [1.54, 1.807) is 18.3 Å². The van der Waals surface area contributed by atoms with Crippen molar-refractivity contribution in [2.75, 3.05) is 4.90 Å². The van der Waals surface area contributed by atoms with Crippen LogP contribution in [0.15, 0.2) is 114 Å². The van der Waals surface area contributed by atoms with Gasteiger partial charge in [0.15, 0.2) is 0 Å². The molecule has 0 spiro atoms. The number of nitrogens with one attached hydrogen (secondary N) is 1. The molecule has 1 N–H and O–H groups in total. The number of H-pyrrole nitrogens is 1. The van der Waals surface area contributed by atoms with Gasteiger partial charge in [0.05, 0.1) is 22.2 Å². The van der Waals surface area contributed by atoms with Gasteiger partial charge >= 0.3 is 0 Å². The molecule has 0 saturated carbocycles. The summed E-state index contributed by atoms with van der Waals surface area (Å²) >= 11 is 0. The standard InChI is InChI=1S/C32H24N6O/c33-20-25(30-34-27-15-7-8-16-28(27)35-30)19-26-31(36-29-17-9-10-18-38(29)32(26)39)37(21-23-11-3-1-4-12-23)22-24-13-5-2-6-14-24/h1-19H,21-22H2,(H,34,35)/b25-19+. The summed E-state index contributed by atoms with van der Waals surface area (Å²) in [5.41, 5.74) is 4.57. The van der Waals surface area contributed by atoms with Gasteiger partial charge in [0.2, 0.25) is 0 Å². The van der Waals surface area contributed by atoms with Crippen LogP contribution in [0.25, 0.3) is 28.3 Å². The number of imidazole rings is 1. The molecule has 0 aliphatic heterocycles. The minimum absolute atomic E-state index is 0.251. The Labute approximate surface area is 225 Å². The van der Waals surface area contributed by atoms with Crippen LogP contribution in [-0.4, -0.2) is 19.4 Å². The molecule has 0 aliphatic rings. The van der Waals surface area contributed by atoms with E-state index in [1.807, 2.05) is 72.8 Å². The molecule has 3 heterocycles. The third-order valence-corrected chi connectivity index (χ3v) is 6.53. The van der Waals surface area contributed by atoms with E-state index in [9.17, 15) is 10.1 Å². The van der Waals surface area contributed by atoms with Crippen LogP contribution in [0.1, 0.15) is 22.5 Å². The van der Waals surface area contributed by atoms with Crippen molar-refractivity contribution in [1.82, 2.24) is 19.4 Å². The Morgan fingerprint density at radius 2 is 1.49 bits per heavy atom. The Morgan fingerprint density at radius 3 is 2.15 bits per heavy atom. The van der Waals surface area contributed by atoms with Crippen LogP contribution in [0.5, 0.6) is 0 Å². The molecule has 7 nitrogen and oxygen atoms in total. The summed E-state index contributed by atoms with van der Waals surface area (Å²) in [5, 5.41) is 10.1. The summed E-state index contributed by atoms with van der Waals surface area (Å²) in [4.78, 5) is 28.8. The smallest absolute Gasteiger partial charge is 0.267 e. The van der Waals surface area contributed by atoms with E-state index in [0.717, 1.165) is 22.2 Å². The average molecular weight is 509 g/mol. The molecule has 0 atom stereocenters. The van der Waals surface area contributed by atoms with Gasteiger partial charge in [-0.25, -0.2) is 9.97 Å². The lowest BCUT2D eigenvalue weighted by Crippen LogP contribution is -2.29. The van der Waals surface area contributed by atoms with E-state index in [2.05, 4.69) is 45.2 Å². The Balaban J connectivity index is 1.56. The van der Waals surface area contributed by atoms with Crippen molar-refractivity contribution in [2.45, 2.75) is 13.1 Å². The summed E-state index contributed by atoms with van der Waals surface area (Å²) in [5.74, 6) is 0.905. The first kappa shape index (κ1) is 23.9. The third-order valence-electron chi connectivity index (χ3n) is 6.53. The van der Waals surface area contributed by atoms with Gasteiger partial charge < -0.3 is 9.88 Å². The van der Waals surface area contributed by atoms with Crippen molar-refractivity contribution < 1.29 is 0 Å². The number of aromatic nitrogens is 4. The number of hydrogen-bond donors (Lipinski definition) is 1. The molecule has 0 bridgehead atoms. The van der Waals surface area contributed by atoms with Gasteiger partial charge in [-0.15, -0.1) is 0 Å². The van der Waals surface area contributed by atoms with Crippen molar-refractivity contribution in [1.29, 1.82) is 5.26 Å². The topological polar surface area (TPSA) is 90.1 Å². The molecule has 188 valence electrons. The van der Waals surface area contributed by atoms with Crippen LogP contribution < -0.4 is 10.5 Å². The Bertz CT molecular complexity index is 1820. The third kappa shape index (κ3) is 4.91. The second kappa shape index (κ2) is 10.5. The normalized spacial score (nSPS) is 11.5. The zero-order valence-corrected chi connectivity index (χ0v) is 21.0. The van der Waals surface area contributed by atoms with E-state index in [1.165, 1.54) is 4.40 Å². The summed E-state index contributed by atoms with van der Waals surface area (Å²) in [6.45, 7) is 1.05. The van der Waals surface area contributed by atoms with Crippen molar-refractivity contribution in [2.24, 2.45) is 0 Å². The lowest BCUT2D eigenvalue weighted by atomic mass is 10.1. The Hall–Kier alpha value is -5.48. The lowest BCUT2D eigenvalue weighted by Gasteiger charge is -2.26. The van der Waals surface area contributed by atoms with Crippen LogP contribution in [0.2, 0.25) is 0 Å². The molecule has 0 fully saturated rings. The van der Waals surface area contributed by atoms with Gasteiger partial charge in [-0.1, -0.05) is 78.9 Å². The lowest BCUT2D eigenvalue weighted by molar-refractivity contribution is 0.778. The molecule has 39 heavy (non-hydrogen) atoms. The number of allylic oxidation sites excluding steroid dienone is 1. The number of para-hydroxylation sites is 2. The Kier molecular flexibility index (Phi) is 6.42. The SMILES string of the molecule is N#C/C(=C\c1c(N(Cc2ccccc2)Cc2ccccc2)nc2ccccn2c1=O)c1nc2ccccc2[nH]1. The fourth-order valence-corrected chi connectivity index (χ4v) is 4.65. The van der Waals surface area contributed by atoms with E-state index in [0.29, 0.717) is 35.9 Å². The van der Waals surface area contributed by atoms with E-state index in [-0.39, 0.29) is 11.1 Å². The summed E-state index contributed by atoms with van der Waals surface area (Å²) < 4.78 is 1.51.